The molecule has 6 nitrogen and oxygen atoms in total. The van der Waals surface area contributed by atoms with Crippen molar-refractivity contribution in [2.45, 2.75) is 12.8 Å². The zero-order valence-corrected chi connectivity index (χ0v) is 14.9. The van der Waals surface area contributed by atoms with Gasteiger partial charge >= 0.3 is 5.97 Å². The van der Waals surface area contributed by atoms with Crippen molar-refractivity contribution in [2.24, 2.45) is 0 Å². The van der Waals surface area contributed by atoms with Gasteiger partial charge in [0.05, 0.1) is 13.5 Å². The molecule has 7 heteroatoms. The molecule has 2 rings (SSSR count). The number of nitrogens with one attached hydrogen (secondary N) is 1. The Morgan fingerprint density at radius 1 is 0.962 bits per heavy atom. The first kappa shape index (κ1) is 19.5. The van der Waals surface area contributed by atoms with Crippen LogP contribution in [-0.4, -0.2) is 31.4 Å². The van der Waals surface area contributed by atoms with Crippen LogP contribution in [0.15, 0.2) is 48.5 Å². The number of carbonyl (C=O) groups is 3. The minimum atomic E-state index is -0.614. The summed E-state index contributed by atoms with van der Waals surface area (Å²) in [5.41, 5.74) is 1.03. The Morgan fingerprint density at radius 3 is 2.23 bits per heavy atom. The summed E-state index contributed by atoms with van der Waals surface area (Å²) in [6.07, 6.45) is -0.0994. The van der Waals surface area contributed by atoms with Gasteiger partial charge in [-0.05, 0) is 48.5 Å². The van der Waals surface area contributed by atoms with Gasteiger partial charge in [-0.3, -0.25) is 14.4 Å². The third-order valence-corrected chi connectivity index (χ3v) is 3.71. The predicted octanol–water partition coefficient (Wildman–Crippen LogP) is 3.49. The molecule has 2 aromatic carbocycles. The van der Waals surface area contributed by atoms with E-state index < -0.39 is 18.5 Å². The smallest absolute Gasteiger partial charge is 0.306 e. The van der Waals surface area contributed by atoms with Crippen molar-refractivity contribution >= 4 is 34.9 Å². The zero-order chi connectivity index (χ0) is 18.9. The molecule has 0 aromatic heterocycles. The molecule has 0 saturated heterocycles. The molecule has 0 atom stereocenters. The number of ketones is 1. The fourth-order valence-corrected chi connectivity index (χ4v) is 2.21. The molecular formula is C19H18ClNO5. The average molecular weight is 376 g/mol. The Kier molecular flexibility index (Phi) is 7.17. The van der Waals surface area contributed by atoms with Crippen molar-refractivity contribution in [3.63, 3.8) is 0 Å². The maximum atomic E-state index is 12.0. The van der Waals surface area contributed by atoms with Crippen LogP contribution in [0.4, 0.5) is 5.69 Å². The lowest BCUT2D eigenvalue weighted by molar-refractivity contribution is -0.147. The Morgan fingerprint density at radius 2 is 1.62 bits per heavy atom. The monoisotopic (exact) mass is 375 g/mol. The largest absolute Gasteiger partial charge is 0.497 e. The van der Waals surface area contributed by atoms with E-state index in [0.29, 0.717) is 22.0 Å². The number of hydrogen-bond acceptors (Lipinski definition) is 5. The number of methoxy groups -OCH3 is 1. The van der Waals surface area contributed by atoms with Crippen molar-refractivity contribution in [2.75, 3.05) is 19.0 Å². The summed E-state index contributed by atoms with van der Waals surface area (Å²) in [6.45, 7) is -0.417. The number of Topliss-reactive ketones (excluding diaryl/α,β-unsaturated/α-hetero) is 1. The van der Waals surface area contributed by atoms with Gasteiger partial charge in [-0.1, -0.05) is 11.6 Å². The van der Waals surface area contributed by atoms with E-state index in [1.165, 1.54) is 0 Å². The molecule has 1 N–H and O–H groups in total. The highest BCUT2D eigenvalue weighted by molar-refractivity contribution is 6.30. The summed E-state index contributed by atoms with van der Waals surface area (Å²) in [5.74, 6) is -0.606. The number of carbonyl (C=O) groups excluding carboxylic acids is 3. The number of ether oxygens (including phenoxy) is 2. The van der Waals surface area contributed by atoms with Crippen LogP contribution >= 0.6 is 11.6 Å². The van der Waals surface area contributed by atoms with E-state index in [9.17, 15) is 14.4 Å². The molecule has 0 bridgehead atoms. The highest BCUT2D eigenvalue weighted by Gasteiger charge is 2.12. The first-order chi connectivity index (χ1) is 12.5. The summed E-state index contributed by atoms with van der Waals surface area (Å²) in [6, 6.07) is 13.1. The normalized spacial score (nSPS) is 10.1. The van der Waals surface area contributed by atoms with E-state index in [4.69, 9.17) is 21.1 Å². The number of esters is 1. The highest BCUT2D eigenvalue weighted by atomic mass is 35.5. The molecule has 0 radical (unpaired) electrons. The Labute approximate surface area is 156 Å². The average Bonchev–Trinajstić information content (AvgIpc) is 2.65. The van der Waals surface area contributed by atoms with E-state index in [1.54, 1.807) is 55.6 Å². The predicted molar refractivity (Wildman–Crippen MR) is 97.6 cm³/mol. The van der Waals surface area contributed by atoms with Crippen molar-refractivity contribution in [3.8, 4) is 5.75 Å². The molecule has 0 saturated carbocycles. The van der Waals surface area contributed by atoms with Gasteiger partial charge < -0.3 is 14.8 Å². The zero-order valence-electron chi connectivity index (χ0n) is 14.2. The van der Waals surface area contributed by atoms with Crippen LogP contribution in [0.2, 0.25) is 5.02 Å². The molecular weight excluding hydrogens is 358 g/mol. The third-order valence-electron chi connectivity index (χ3n) is 3.46. The van der Waals surface area contributed by atoms with E-state index in [1.807, 2.05) is 0 Å². The van der Waals surface area contributed by atoms with Crippen molar-refractivity contribution in [3.05, 3.63) is 59.1 Å². The van der Waals surface area contributed by atoms with Gasteiger partial charge in [-0.25, -0.2) is 0 Å². The molecule has 136 valence electrons. The first-order valence-electron chi connectivity index (χ1n) is 7.86. The molecule has 0 fully saturated rings. The first-order valence-corrected chi connectivity index (χ1v) is 8.24. The molecule has 2 aromatic rings. The lowest BCUT2D eigenvalue weighted by Crippen LogP contribution is -2.21. The Hall–Kier alpha value is -2.86. The Balaban J connectivity index is 1.71. The number of rotatable bonds is 8. The minimum absolute atomic E-state index is 0.000560. The fraction of sp³-hybridized carbons (Fsp3) is 0.211. The van der Waals surface area contributed by atoms with Crippen molar-refractivity contribution in [1.29, 1.82) is 0 Å². The van der Waals surface area contributed by atoms with Crippen molar-refractivity contribution in [1.82, 2.24) is 0 Å². The van der Waals surface area contributed by atoms with Crippen LogP contribution in [0.25, 0.3) is 0 Å². The van der Waals surface area contributed by atoms with Crippen LogP contribution in [-0.2, 0) is 14.3 Å². The summed E-state index contributed by atoms with van der Waals surface area (Å²) in [5, 5.41) is 3.12. The van der Waals surface area contributed by atoms with Gasteiger partial charge in [0, 0.05) is 22.7 Å². The Bertz CT molecular complexity index is 772. The van der Waals surface area contributed by atoms with Gasteiger partial charge in [0.15, 0.2) is 12.4 Å². The molecule has 26 heavy (non-hydrogen) atoms. The van der Waals surface area contributed by atoms with Gasteiger partial charge in [0.25, 0.3) is 5.91 Å². The quantitative estimate of drug-likeness (QED) is 0.564. The summed E-state index contributed by atoms with van der Waals surface area (Å²) in [4.78, 5) is 35.4. The number of anilines is 1. The van der Waals surface area contributed by atoms with Crippen molar-refractivity contribution < 1.29 is 23.9 Å². The van der Waals surface area contributed by atoms with E-state index >= 15 is 0 Å². The third kappa shape index (κ3) is 6.22. The van der Waals surface area contributed by atoms with Crippen LogP contribution in [0, 0.1) is 0 Å². The van der Waals surface area contributed by atoms with Crippen LogP contribution in [0.5, 0.6) is 5.75 Å². The van der Waals surface area contributed by atoms with Crippen LogP contribution in [0.1, 0.15) is 23.2 Å². The minimum Gasteiger partial charge on any atom is -0.497 e. The molecule has 1 amide bonds. The SMILES string of the molecule is COc1ccc(NC(=O)COC(=O)CCC(=O)c2ccc(Cl)cc2)cc1. The van der Waals surface area contributed by atoms with E-state index in [0.717, 1.165) is 0 Å². The lowest BCUT2D eigenvalue weighted by Gasteiger charge is -2.07. The lowest BCUT2D eigenvalue weighted by atomic mass is 10.1. The number of hydrogen-bond donors (Lipinski definition) is 1. The maximum absolute atomic E-state index is 12.0. The number of amides is 1. The molecule has 0 spiro atoms. The maximum Gasteiger partial charge on any atom is 0.306 e. The highest BCUT2D eigenvalue weighted by Crippen LogP contribution is 2.15. The second-order valence-corrected chi connectivity index (χ2v) is 5.80. The topological polar surface area (TPSA) is 81.7 Å². The number of halogens is 1. The second kappa shape index (κ2) is 9.58. The van der Waals surface area contributed by atoms with E-state index in [-0.39, 0.29) is 18.6 Å². The summed E-state index contributed by atoms with van der Waals surface area (Å²) < 4.78 is 9.90. The molecule has 0 heterocycles. The standard InChI is InChI=1S/C19H18ClNO5/c1-25-16-8-6-15(7-9-16)21-18(23)12-26-19(24)11-10-17(22)13-2-4-14(20)5-3-13/h2-9H,10-12H2,1H3,(H,21,23). The molecule has 0 aliphatic heterocycles. The molecule has 0 aliphatic carbocycles. The summed E-state index contributed by atoms with van der Waals surface area (Å²) in [7, 11) is 1.55. The second-order valence-electron chi connectivity index (χ2n) is 5.37. The molecule has 0 aliphatic rings. The number of benzene rings is 2. The van der Waals surface area contributed by atoms with Crippen LogP contribution < -0.4 is 10.1 Å². The summed E-state index contributed by atoms with van der Waals surface area (Å²) >= 11 is 5.76. The van der Waals surface area contributed by atoms with Gasteiger partial charge in [0.2, 0.25) is 0 Å². The van der Waals surface area contributed by atoms with Gasteiger partial charge in [-0.2, -0.15) is 0 Å². The fourth-order valence-electron chi connectivity index (χ4n) is 2.09. The van der Waals surface area contributed by atoms with E-state index in [2.05, 4.69) is 5.32 Å². The van der Waals surface area contributed by atoms with Gasteiger partial charge in [0.1, 0.15) is 5.75 Å². The molecule has 0 unspecified atom stereocenters. The van der Waals surface area contributed by atoms with Gasteiger partial charge in [-0.15, -0.1) is 0 Å². The van der Waals surface area contributed by atoms with Crippen LogP contribution in [0.3, 0.4) is 0 Å².